The largest absolute Gasteiger partial charge is 0.495 e. The van der Waals surface area contributed by atoms with Gasteiger partial charge in [0.25, 0.3) is 0 Å². The summed E-state index contributed by atoms with van der Waals surface area (Å²) < 4.78 is 30.7. The van der Waals surface area contributed by atoms with Crippen LogP contribution in [0.3, 0.4) is 0 Å². The average Bonchev–Trinajstić information content (AvgIpc) is 2.59. The van der Waals surface area contributed by atoms with Crippen LogP contribution >= 0.6 is 11.6 Å². The van der Waals surface area contributed by atoms with Crippen LogP contribution in [0.2, 0.25) is 5.02 Å². The van der Waals surface area contributed by atoms with E-state index in [0.29, 0.717) is 10.8 Å². The fourth-order valence-electron chi connectivity index (χ4n) is 2.48. The van der Waals surface area contributed by atoms with Gasteiger partial charge in [-0.3, -0.25) is 9.10 Å². The molecule has 2 rings (SSSR count). The maximum atomic E-state index is 12.5. The summed E-state index contributed by atoms with van der Waals surface area (Å²) in [5.41, 5.74) is 1.14. The molecule has 0 heterocycles. The normalized spacial score (nSPS) is 12.3. The van der Waals surface area contributed by atoms with Gasteiger partial charge in [-0.15, -0.1) is 0 Å². The zero-order valence-electron chi connectivity index (χ0n) is 14.8. The van der Waals surface area contributed by atoms with Gasteiger partial charge in [0, 0.05) is 5.02 Å². The average molecular weight is 397 g/mol. The number of benzene rings is 2. The number of methoxy groups -OCH3 is 1. The molecule has 0 saturated carbocycles. The molecule has 0 unspecified atom stereocenters. The quantitative estimate of drug-likeness (QED) is 0.780. The summed E-state index contributed by atoms with van der Waals surface area (Å²) >= 11 is 5.99. The highest BCUT2D eigenvalue weighted by Crippen LogP contribution is 2.32. The molecule has 0 aliphatic carbocycles. The van der Waals surface area contributed by atoms with E-state index >= 15 is 0 Å². The third kappa shape index (κ3) is 5.12. The summed E-state index contributed by atoms with van der Waals surface area (Å²) in [4.78, 5) is 12.5. The molecule has 0 saturated heterocycles. The number of anilines is 1. The number of sulfonamides is 1. The number of halogens is 1. The highest BCUT2D eigenvalue weighted by atomic mass is 35.5. The number of ether oxygens (including phenoxy) is 1. The zero-order valence-corrected chi connectivity index (χ0v) is 16.3. The predicted octanol–water partition coefficient (Wildman–Crippen LogP) is 2.99. The van der Waals surface area contributed by atoms with Crippen molar-refractivity contribution in [3.8, 4) is 5.75 Å². The van der Waals surface area contributed by atoms with Gasteiger partial charge in [0.1, 0.15) is 12.3 Å². The second kappa shape index (κ2) is 8.42. The molecule has 1 N–H and O–H groups in total. The van der Waals surface area contributed by atoms with Crippen LogP contribution in [0.1, 0.15) is 18.5 Å². The first-order valence-electron chi connectivity index (χ1n) is 7.88. The molecule has 0 aromatic heterocycles. The molecule has 26 heavy (non-hydrogen) atoms. The van der Waals surface area contributed by atoms with Crippen LogP contribution in [0.25, 0.3) is 0 Å². The van der Waals surface area contributed by atoms with E-state index in [1.165, 1.54) is 13.2 Å². The first kappa shape index (κ1) is 20.1. The van der Waals surface area contributed by atoms with Crippen molar-refractivity contribution in [3.63, 3.8) is 0 Å². The molecule has 2 aromatic carbocycles. The van der Waals surface area contributed by atoms with Gasteiger partial charge in [-0.25, -0.2) is 8.42 Å². The summed E-state index contributed by atoms with van der Waals surface area (Å²) in [6.45, 7) is 1.45. The first-order chi connectivity index (χ1) is 12.2. The van der Waals surface area contributed by atoms with E-state index in [1.807, 2.05) is 37.3 Å². The highest BCUT2D eigenvalue weighted by Gasteiger charge is 2.25. The topological polar surface area (TPSA) is 75.7 Å². The molecule has 0 aliphatic heterocycles. The monoisotopic (exact) mass is 396 g/mol. The van der Waals surface area contributed by atoms with Gasteiger partial charge in [-0.1, -0.05) is 41.9 Å². The van der Waals surface area contributed by atoms with E-state index in [9.17, 15) is 13.2 Å². The van der Waals surface area contributed by atoms with Crippen molar-refractivity contribution < 1.29 is 17.9 Å². The zero-order chi connectivity index (χ0) is 19.3. The third-order valence-electron chi connectivity index (χ3n) is 3.77. The van der Waals surface area contributed by atoms with E-state index in [-0.39, 0.29) is 18.3 Å². The maximum absolute atomic E-state index is 12.5. The summed E-state index contributed by atoms with van der Waals surface area (Å²) in [6, 6.07) is 13.7. The lowest BCUT2D eigenvalue weighted by Crippen LogP contribution is -2.41. The molecule has 1 atom stereocenters. The Morgan fingerprint density at radius 3 is 2.46 bits per heavy atom. The van der Waals surface area contributed by atoms with Crippen molar-refractivity contribution in [2.24, 2.45) is 0 Å². The van der Waals surface area contributed by atoms with Crippen molar-refractivity contribution in [1.29, 1.82) is 0 Å². The number of hydrogen-bond acceptors (Lipinski definition) is 4. The molecule has 0 fully saturated rings. The van der Waals surface area contributed by atoms with Gasteiger partial charge in [0.05, 0.1) is 25.1 Å². The Balaban J connectivity index is 2.24. The number of hydrogen-bond donors (Lipinski definition) is 1. The maximum Gasteiger partial charge on any atom is 0.241 e. The lowest BCUT2D eigenvalue weighted by molar-refractivity contribution is -0.120. The number of nitrogens with zero attached hydrogens (tertiary/aromatic N) is 1. The summed E-state index contributed by atoms with van der Waals surface area (Å²) in [7, 11) is -2.31. The lowest BCUT2D eigenvalue weighted by Gasteiger charge is -2.25. The van der Waals surface area contributed by atoms with Crippen molar-refractivity contribution in [2.45, 2.75) is 13.0 Å². The molecular formula is C18H21ClN2O4S. The Kier molecular flexibility index (Phi) is 6.50. The number of amides is 1. The Morgan fingerprint density at radius 1 is 1.23 bits per heavy atom. The van der Waals surface area contributed by atoms with Crippen LogP contribution in [-0.2, 0) is 14.8 Å². The molecule has 140 valence electrons. The van der Waals surface area contributed by atoms with Gasteiger partial charge in [-0.2, -0.15) is 0 Å². The predicted molar refractivity (Wildman–Crippen MR) is 103 cm³/mol. The van der Waals surface area contributed by atoms with E-state index in [4.69, 9.17) is 16.3 Å². The number of carbonyl (C=O) groups excluding carboxylic acids is 1. The van der Waals surface area contributed by atoms with E-state index in [0.717, 1.165) is 16.1 Å². The lowest BCUT2D eigenvalue weighted by atomic mass is 10.1. The number of nitrogens with one attached hydrogen (secondary N) is 1. The first-order valence-corrected chi connectivity index (χ1v) is 10.1. The summed E-state index contributed by atoms with van der Waals surface area (Å²) in [5, 5.41) is 3.14. The molecule has 1 amide bonds. The van der Waals surface area contributed by atoms with Gasteiger partial charge in [0.15, 0.2) is 0 Å². The van der Waals surface area contributed by atoms with Gasteiger partial charge < -0.3 is 10.1 Å². The minimum Gasteiger partial charge on any atom is -0.495 e. The van der Waals surface area contributed by atoms with Crippen LogP contribution in [0, 0.1) is 0 Å². The number of rotatable bonds is 7. The smallest absolute Gasteiger partial charge is 0.241 e. The fraction of sp³-hybridized carbons (Fsp3) is 0.278. The van der Waals surface area contributed by atoms with Crippen LogP contribution < -0.4 is 14.4 Å². The SMILES string of the molecule is COc1ccc(Cl)cc1N(CC(=O)N[C@@H](C)c1ccccc1)S(C)(=O)=O. The van der Waals surface area contributed by atoms with Crippen molar-refractivity contribution in [2.75, 3.05) is 24.2 Å². The molecule has 8 heteroatoms. The molecule has 0 aliphatic rings. The number of carbonyl (C=O) groups is 1. The third-order valence-corrected chi connectivity index (χ3v) is 5.14. The van der Waals surface area contributed by atoms with Crippen LogP contribution in [-0.4, -0.2) is 34.2 Å². The molecule has 2 aromatic rings. The van der Waals surface area contributed by atoms with Gasteiger partial charge in [-0.05, 0) is 30.7 Å². The molecule has 0 bridgehead atoms. The Morgan fingerprint density at radius 2 is 1.88 bits per heavy atom. The van der Waals surface area contributed by atoms with E-state index < -0.39 is 15.9 Å². The minimum absolute atomic E-state index is 0.213. The Bertz CT molecular complexity index is 872. The molecule has 0 radical (unpaired) electrons. The summed E-state index contributed by atoms with van der Waals surface area (Å²) in [5.74, 6) is -0.127. The molecular weight excluding hydrogens is 376 g/mol. The fourth-order valence-corrected chi connectivity index (χ4v) is 3.50. The van der Waals surface area contributed by atoms with Gasteiger partial charge >= 0.3 is 0 Å². The minimum atomic E-state index is -3.73. The van der Waals surface area contributed by atoms with Crippen molar-refractivity contribution in [3.05, 3.63) is 59.1 Å². The second-order valence-corrected chi connectivity index (χ2v) is 8.13. The Hall–Kier alpha value is -2.25. The van der Waals surface area contributed by atoms with Crippen LogP contribution in [0.4, 0.5) is 5.69 Å². The standard InChI is InChI=1S/C18H21ClN2O4S/c1-13(14-7-5-4-6-8-14)20-18(22)12-21(26(3,23)24)16-11-15(19)9-10-17(16)25-2/h4-11,13H,12H2,1-3H3,(H,20,22)/t13-/m0/s1. The van der Waals surface area contributed by atoms with Gasteiger partial charge in [0.2, 0.25) is 15.9 Å². The molecule has 6 nitrogen and oxygen atoms in total. The van der Waals surface area contributed by atoms with E-state index in [2.05, 4.69) is 5.32 Å². The van der Waals surface area contributed by atoms with E-state index in [1.54, 1.807) is 12.1 Å². The van der Waals surface area contributed by atoms with Crippen LogP contribution in [0.15, 0.2) is 48.5 Å². The van der Waals surface area contributed by atoms with Crippen molar-refractivity contribution >= 4 is 33.2 Å². The van der Waals surface area contributed by atoms with Crippen LogP contribution in [0.5, 0.6) is 5.75 Å². The summed E-state index contributed by atoms with van der Waals surface area (Å²) in [6.07, 6.45) is 1.03. The highest BCUT2D eigenvalue weighted by molar-refractivity contribution is 7.92. The second-order valence-electron chi connectivity index (χ2n) is 5.79. The molecule has 0 spiro atoms. The Labute approximate surface area is 158 Å². The van der Waals surface area contributed by atoms with Crippen molar-refractivity contribution in [1.82, 2.24) is 5.32 Å².